The molecule has 3 heterocycles. The number of aromatic amines is 1. The number of aliphatic hydroxyl groups is 1. The Labute approximate surface area is 197 Å². The lowest BCUT2D eigenvalue weighted by Crippen LogP contribution is -2.39. The van der Waals surface area contributed by atoms with Gasteiger partial charge in [0.15, 0.2) is 0 Å². The van der Waals surface area contributed by atoms with Gasteiger partial charge < -0.3 is 25.6 Å². The van der Waals surface area contributed by atoms with E-state index in [4.69, 9.17) is 0 Å². The number of likely N-dealkylation sites (tertiary alicyclic amines) is 1. The summed E-state index contributed by atoms with van der Waals surface area (Å²) in [7, 11) is 0. The summed E-state index contributed by atoms with van der Waals surface area (Å²) in [5.41, 5.74) is 3.57. The predicted molar refractivity (Wildman–Crippen MR) is 126 cm³/mol. The monoisotopic (exact) mass is 468 g/mol. The fourth-order valence-corrected chi connectivity index (χ4v) is 4.59. The number of carbonyl (C=O) groups excluding carboxylic acids is 3. The molecule has 0 spiro atoms. The van der Waals surface area contributed by atoms with Crippen LogP contribution in [0.5, 0.6) is 0 Å². The van der Waals surface area contributed by atoms with Crippen molar-refractivity contribution in [3.8, 4) is 0 Å². The van der Waals surface area contributed by atoms with Crippen molar-refractivity contribution >= 4 is 35.1 Å². The highest BCUT2D eigenvalue weighted by molar-refractivity contribution is 6.34. The van der Waals surface area contributed by atoms with E-state index in [1.54, 1.807) is 24.8 Å². The third-order valence-corrected chi connectivity index (χ3v) is 6.48. The lowest BCUT2D eigenvalue weighted by molar-refractivity contribution is -0.139. The van der Waals surface area contributed by atoms with Gasteiger partial charge in [-0.3, -0.25) is 14.4 Å². The van der Waals surface area contributed by atoms with Gasteiger partial charge in [-0.2, -0.15) is 0 Å². The van der Waals surface area contributed by atoms with E-state index in [1.807, 2.05) is 0 Å². The second kappa shape index (κ2) is 9.42. The molecule has 1 aromatic heterocycles. The number of H-pyrrole nitrogens is 1. The highest BCUT2D eigenvalue weighted by Gasteiger charge is 2.28. The molecule has 2 aromatic rings. The van der Waals surface area contributed by atoms with Crippen molar-refractivity contribution in [2.75, 3.05) is 25.0 Å². The molecule has 1 aromatic carbocycles. The molecule has 0 radical (unpaired) electrons. The molecule has 9 heteroatoms. The number of anilines is 1. The molecule has 0 saturated carbocycles. The number of amides is 3. The molecule has 2 aliphatic rings. The van der Waals surface area contributed by atoms with Crippen LogP contribution in [0.3, 0.4) is 0 Å². The summed E-state index contributed by atoms with van der Waals surface area (Å²) in [6, 6.07) is 4.09. The number of nitrogens with one attached hydrogen (secondary N) is 3. The van der Waals surface area contributed by atoms with E-state index in [9.17, 15) is 23.9 Å². The zero-order valence-electron chi connectivity index (χ0n) is 19.5. The molecule has 2 aliphatic heterocycles. The van der Waals surface area contributed by atoms with Gasteiger partial charge in [-0.25, -0.2) is 4.39 Å². The molecule has 2 atom stereocenters. The van der Waals surface area contributed by atoms with Crippen LogP contribution in [0.15, 0.2) is 18.2 Å². The predicted octanol–water partition coefficient (Wildman–Crippen LogP) is 2.61. The number of fused-ring (bicyclic) bond motifs is 1. The summed E-state index contributed by atoms with van der Waals surface area (Å²) in [6.45, 7) is 7.03. The molecule has 8 nitrogen and oxygen atoms in total. The van der Waals surface area contributed by atoms with Crippen LogP contribution in [0.4, 0.5) is 10.1 Å². The van der Waals surface area contributed by atoms with E-state index in [2.05, 4.69) is 22.5 Å². The minimum Gasteiger partial charge on any atom is -0.383 e. The molecule has 0 bridgehead atoms. The summed E-state index contributed by atoms with van der Waals surface area (Å²) in [4.78, 5) is 42.4. The highest BCUT2D eigenvalue weighted by atomic mass is 19.1. The second-order valence-electron chi connectivity index (χ2n) is 9.10. The van der Waals surface area contributed by atoms with E-state index in [-0.39, 0.29) is 30.7 Å². The van der Waals surface area contributed by atoms with Crippen LogP contribution in [0.25, 0.3) is 11.6 Å². The first kappa shape index (κ1) is 23.7. The molecule has 34 heavy (non-hydrogen) atoms. The SMILES string of the molecule is Cc1[nH]c(/C=C2\C(=O)Nc3ccc(F)cc32)c(C)c1C(=O)NCC[C@H](O)C(=O)N1CCC(C)C1. The average molecular weight is 469 g/mol. The number of aryl methyl sites for hydroxylation is 1. The molecule has 1 fully saturated rings. The van der Waals surface area contributed by atoms with Crippen LogP contribution in [0.1, 0.15) is 52.6 Å². The smallest absolute Gasteiger partial charge is 0.256 e. The van der Waals surface area contributed by atoms with Crippen LogP contribution < -0.4 is 10.6 Å². The normalized spacial score (nSPS) is 19.3. The number of hydrogen-bond donors (Lipinski definition) is 4. The fourth-order valence-electron chi connectivity index (χ4n) is 4.59. The number of aliphatic hydroxyl groups excluding tert-OH is 1. The Morgan fingerprint density at radius 3 is 2.82 bits per heavy atom. The zero-order valence-corrected chi connectivity index (χ0v) is 19.5. The third-order valence-electron chi connectivity index (χ3n) is 6.48. The highest BCUT2D eigenvalue weighted by Crippen LogP contribution is 2.34. The maximum Gasteiger partial charge on any atom is 0.256 e. The first-order valence-corrected chi connectivity index (χ1v) is 11.4. The van der Waals surface area contributed by atoms with Gasteiger partial charge in [0, 0.05) is 42.3 Å². The lowest BCUT2D eigenvalue weighted by atomic mass is 10.0. The van der Waals surface area contributed by atoms with Gasteiger partial charge in [0.05, 0.1) is 11.1 Å². The number of carbonyl (C=O) groups is 3. The average Bonchev–Trinajstić information content (AvgIpc) is 3.43. The van der Waals surface area contributed by atoms with E-state index in [0.717, 1.165) is 6.42 Å². The largest absolute Gasteiger partial charge is 0.383 e. The molecule has 1 unspecified atom stereocenters. The number of benzene rings is 1. The van der Waals surface area contributed by atoms with Crippen molar-refractivity contribution in [3.05, 3.63) is 52.1 Å². The lowest BCUT2D eigenvalue weighted by Gasteiger charge is -2.20. The van der Waals surface area contributed by atoms with E-state index in [1.165, 1.54) is 18.2 Å². The minimum atomic E-state index is -1.15. The van der Waals surface area contributed by atoms with Crippen LogP contribution >= 0.6 is 0 Å². The van der Waals surface area contributed by atoms with Gasteiger partial charge in [0.1, 0.15) is 11.9 Å². The van der Waals surface area contributed by atoms with Crippen LogP contribution in [-0.2, 0) is 9.59 Å². The quantitative estimate of drug-likeness (QED) is 0.488. The Kier molecular flexibility index (Phi) is 6.56. The van der Waals surface area contributed by atoms with Crippen molar-refractivity contribution in [1.82, 2.24) is 15.2 Å². The summed E-state index contributed by atoms with van der Waals surface area (Å²) in [6.07, 6.45) is 1.51. The van der Waals surface area contributed by atoms with Crippen molar-refractivity contribution in [2.45, 2.75) is 39.7 Å². The molecular weight excluding hydrogens is 439 g/mol. The van der Waals surface area contributed by atoms with Crippen LogP contribution in [-0.4, -0.2) is 58.5 Å². The van der Waals surface area contributed by atoms with Crippen molar-refractivity contribution in [2.24, 2.45) is 5.92 Å². The van der Waals surface area contributed by atoms with E-state index < -0.39 is 11.9 Å². The minimum absolute atomic E-state index is 0.122. The van der Waals surface area contributed by atoms with Gasteiger partial charge in [-0.15, -0.1) is 0 Å². The van der Waals surface area contributed by atoms with Crippen molar-refractivity contribution < 1.29 is 23.9 Å². The van der Waals surface area contributed by atoms with Crippen LogP contribution in [0, 0.1) is 25.6 Å². The molecule has 3 amide bonds. The summed E-state index contributed by atoms with van der Waals surface area (Å²) in [5.74, 6) is -0.993. The van der Waals surface area contributed by atoms with E-state index >= 15 is 0 Å². The molecule has 180 valence electrons. The number of nitrogens with zero attached hydrogens (tertiary/aromatic N) is 1. The maximum atomic E-state index is 13.7. The fraction of sp³-hybridized carbons (Fsp3) is 0.400. The molecule has 4 N–H and O–H groups in total. The second-order valence-corrected chi connectivity index (χ2v) is 9.10. The first-order chi connectivity index (χ1) is 16.2. The summed E-state index contributed by atoms with van der Waals surface area (Å²) in [5, 5.41) is 15.7. The Morgan fingerprint density at radius 1 is 1.35 bits per heavy atom. The Balaban J connectivity index is 1.43. The number of rotatable bonds is 6. The number of aromatic nitrogens is 1. The van der Waals surface area contributed by atoms with Gasteiger partial charge >= 0.3 is 0 Å². The summed E-state index contributed by atoms with van der Waals surface area (Å²) < 4.78 is 13.7. The molecule has 4 rings (SSSR count). The Hall–Kier alpha value is -3.46. The molecular formula is C25H29FN4O4. The Bertz CT molecular complexity index is 1190. The Morgan fingerprint density at radius 2 is 2.12 bits per heavy atom. The van der Waals surface area contributed by atoms with Gasteiger partial charge in [0.2, 0.25) is 0 Å². The topological polar surface area (TPSA) is 115 Å². The zero-order chi connectivity index (χ0) is 24.6. The molecule has 1 saturated heterocycles. The number of hydrogen-bond acceptors (Lipinski definition) is 4. The van der Waals surface area contributed by atoms with Gasteiger partial charge in [0.25, 0.3) is 17.7 Å². The van der Waals surface area contributed by atoms with Crippen LogP contribution in [0.2, 0.25) is 0 Å². The summed E-state index contributed by atoms with van der Waals surface area (Å²) >= 11 is 0. The third kappa shape index (κ3) is 4.61. The first-order valence-electron chi connectivity index (χ1n) is 11.4. The standard InChI is InChI=1S/C25H29FN4O4/c1-13-7-9-30(12-13)25(34)21(31)6-8-27-24(33)22-14(2)20(28-15(22)3)11-18-17-10-16(26)4-5-19(17)29-23(18)32/h4-5,10-11,13,21,28,31H,6-9,12H2,1-3H3,(H,27,33)(H,29,32)/b18-11-/t13?,21-/m0/s1. The molecule has 0 aliphatic carbocycles. The van der Waals surface area contributed by atoms with E-state index in [0.29, 0.717) is 58.3 Å². The maximum absolute atomic E-state index is 13.7. The van der Waals surface area contributed by atoms with Gasteiger partial charge in [-0.05, 0) is 62.4 Å². The van der Waals surface area contributed by atoms with Crippen molar-refractivity contribution in [3.63, 3.8) is 0 Å². The van der Waals surface area contributed by atoms with Crippen molar-refractivity contribution in [1.29, 1.82) is 0 Å². The number of halogens is 1. The van der Waals surface area contributed by atoms with Gasteiger partial charge in [-0.1, -0.05) is 6.92 Å².